The molecule has 0 aliphatic rings. The molecule has 0 aliphatic carbocycles. The highest BCUT2D eigenvalue weighted by Crippen LogP contribution is 2.26. The van der Waals surface area contributed by atoms with E-state index in [1.807, 2.05) is 122 Å². The lowest BCUT2D eigenvalue weighted by Crippen LogP contribution is -2.47. The monoisotopic (exact) mass is 487 g/mol. The fourth-order valence-corrected chi connectivity index (χ4v) is 4.64. The minimum Gasteiger partial charge on any atom is -0.361 e. The van der Waals surface area contributed by atoms with Gasteiger partial charge in [-0.15, -0.1) is 0 Å². The highest BCUT2D eigenvalue weighted by atomic mass is 16.2. The van der Waals surface area contributed by atoms with Gasteiger partial charge in [0.15, 0.2) is 0 Å². The van der Waals surface area contributed by atoms with E-state index in [9.17, 15) is 9.59 Å². The number of nitrogens with one attached hydrogen (secondary N) is 3. The van der Waals surface area contributed by atoms with Crippen molar-refractivity contribution in [2.75, 3.05) is 5.32 Å². The van der Waals surface area contributed by atoms with E-state index in [0.717, 1.165) is 33.2 Å². The molecule has 1 atom stereocenters. The number of carbonyl (C=O) groups is 2. The second-order valence-electron chi connectivity index (χ2n) is 9.23. The number of benzene rings is 4. The topological polar surface area (TPSA) is 74.0 Å². The number of amides is 2. The molecular weight excluding hydrogens is 458 g/mol. The number of fused-ring (bicyclic) bond motifs is 1. The number of hydrogen-bond acceptors (Lipinski definition) is 2. The lowest BCUT2D eigenvalue weighted by Gasteiger charge is -2.23. The van der Waals surface area contributed by atoms with Crippen LogP contribution in [0.3, 0.4) is 0 Å². The number of para-hydroxylation sites is 1. The highest BCUT2D eigenvalue weighted by molar-refractivity contribution is 5.99. The third-order valence-corrected chi connectivity index (χ3v) is 6.58. The molecule has 0 aliphatic heterocycles. The van der Waals surface area contributed by atoms with E-state index < -0.39 is 12.0 Å². The molecule has 0 fully saturated rings. The van der Waals surface area contributed by atoms with E-state index in [1.165, 1.54) is 0 Å². The molecule has 0 saturated carbocycles. The molecule has 0 saturated heterocycles. The Morgan fingerprint density at radius 3 is 1.97 bits per heavy atom. The molecule has 5 heteroatoms. The van der Waals surface area contributed by atoms with Crippen molar-refractivity contribution >= 4 is 28.4 Å². The van der Waals surface area contributed by atoms with Crippen LogP contribution in [0.15, 0.2) is 115 Å². The Bertz CT molecular complexity index is 1450. The summed E-state index contributed by atoms with van der Waals surface area (Å²) < 4.78 is 0. The van der Waals surface area contributed by atoms with Crippen molar-refractivity contribution in [3.63, 3.8) is 0 Å². The number of aromatic amines is 1. The molecule has 4 aromatic carbocycles. The zero-order valence-electron chi connectivity index (χ0n) is 20.6. The number of rotatable bonds is 8. The van der Waals surface area contributed by atoms with Crippen LogP contribution in [-0.4, -0.2) is 22.8 Å². The summed E-state index contributed by atoms with van der Waals surface area (Å²) in [6.45, 7) is 2.00. The van der Waals surface area contributed by atoms with Crippen LogP contribution >= 0.6 is 0 Å². The Labute approximate surface area is 216 Å². The van der Waals surface area contributed by atoms with Crippen LogP contribution in [-0.2, 0) is 16.0 Å². The summed E-state index contributed by atoms with van der Waals surface area (Å²) in [6, 6.07) is 34.1. The summed E-state index contributed by atoms with van der Waals surface area (Å²) in [7, 11) is 0. The first kappa shape index (κ1) is 24.1. The van der Waals surface area contributed by atoms with Gasteiger partial charge in [-0.3, -0.25) is 9.59 Å². The molecule has 37 heavy (non-hydrogen) atoms. The molecule has 1 heterocycles. The number of hydrogen-bond donors (Lipinski definition) is 3. The van der Waals surface area contributed by atoms with E-state index >= 15 is 0 Å². The molecule has 2 amide bonds. The van der Waals surface area contributed by atoms with Crippen LogP contribution in [0.1, 0.15) is 28.2 Å². The van der Waals surface area contributed by atoms with Gasteiger partial charge in [-0.1, -0.05) is 96.6 Å². The van der Waals surface area contributed by atoms with Gasteiger partial charge in [0.1, 0.15) is 6.04 Å². The number of aromatic nitrogens is 1. The van der Waals surface area contributed by atoms with Crippen molar-refractivity contribution in [3.8, 4) is 0 Å². The Morgan fingerprint density at radius 1 is 0.730 bits per heavy atom. The van der Waals surface area contributed by atoms with Gasteiger partial charge in [-0.25, -0.2) is 0 Å². The third-order valence-electron chi connectivity index (χ3n) is 6.58. The summed E-state index contributed by atoms with van der Waals surface area (Å²) in [6.07, 6.45) is 2.26. The molecule has 5 rings (SSSR count). The lowest BCUT2D eigenvalue weighted by molar-refractivity contribution is -0.126. The van der Waals surface area contributed by atoms with Gasteiger partial charge >= 0.3 is 0 Å². The summed E-state index contributed by atoms with van der Waals surface area (Å²) in [5.74, 6) is -1.02. The lowest BCUT2D eigenvalue weighted by atomic mass is 9.90. The normalized spacial score (nSPS) is 11.8. The first-order chi connectivity index (χ1) is 18.1. The van der Waals surface area contributed by atoms with Gasteiger partial charge in [-0.05, 0) is 41.8 Å². The maximum Gasteiger partial charge on any atom is 0.247 e. The third kappa shape index (κ3) is 5.62. The van der Waals surface area contributed by atoms with Gasteiger partial charge in [0.05, 0.1) is 5.92 Å². The first-order valence-electron chi connectivity index (χ1n) is 12.4. The molecule has 0 radical (unpaired) electrons. The van der Waals surface area contributed by atoms with Crippen LogP contribution < -0.4 is 10.6 Å². The van der Waals surface area contributed by atoms with Crippen LogP contribution in [0.2, 0.25) is 0 Å². The molecule has 0 unspecified atom stereocenters. The van der Waals surface area contributed by atoms with Gasteiger partial charge in [-0.2, -0.15) is 0 Å². The van der Waals surface area contributed by atoms with Crippen molar-refractivity contribution in [1.82, 2.24) is 10.3 Å². The number of carbonyl (C=O) groups excluding carboxylic acids is 2. The summed E-state index contributed by atoms with van der Waals surface area (Å²) in [5.41, 5.74) is 5.50. The van der Waals surface area contributed by atoms with Crippen molar-refractivity contribution in [2.45, 2.75) is 25.3 Å². The zero-order chi connectivity index (χ0) is 25.6. The van der Waals surface area contributed by atoms with Gasteiger partial charge in [0.25, 0.3) is 0 Å². The van der Waals surface area contributed by atoms with Crippen molar-refractivity contribution in [1.29, 1.82) is 0 Å². The molecule has 0 bridgehead atoms. The summed E-state index contributed by atoms with van der Waals surface area (Å²) in [4.78, 5) is 30.7. The average molecular weight is 488 g/mol. The smallest absolute Gasteiger partial charge is 0.247 e. The molecule has 3 N–H and O–H groups in total. The Kier molecular flexibility index (Phi) is 7.13. The summed E-state index contributed by atoms with van der Waals surface area (Å²) in [5, 5.41) is 7.11. The molecule has 5 nitrogen and oxygen atoms in total. The molecule has 1 aromatic heterocycles. The second-order valence-corrected chi connectivity index (χ2v) is 9.23. The Hall–Kier alpha value is -4.64. The van der Waals surface area contributed by atoms with E-state index in [1.54, 1.807) is 0 Å². The highest BCUT2D eigenvalue weighted by Gasteiger charge is 2.28. The first-order valence-corrected chi connectivity index (χ1v) is 12.4. The SMILES string of the molecule is Cc1ccc(NC(=O)[C@@H](Cc2c[nH]c3ccccc23)NC(=O)C(c2ccccc2)c2ccccc2)cc1. The minimum atomic E-state index is -0.775. The van der Waals surface area contributed by atoms with Gasteiger partial charge < -0.3 is 15.6 Å². The van der Waals surface area contributed by atoms with E-state index in [-0.39, 0.29) is 11.8 Å². The van der Waals surface area contributed by atoms with Crippen LogP contribution in [0, 0.1) is 6.92 Å². The van der Waals surface area contributed by atoms with E-state index in [4.69, 9.17) is 0 Å². The van der Waals surface area contributed by atoms with Crippen LogP contribution in [0.25, 0.3) is 10.9 Å². The van der Waals surface area contributed by atoms with Crippen molar-refractivity contribution in [2.24, 2.45) is 0 Å². The van der Waals surface area contributed by atoms with Crippen LogP contribution in [0.5, 0.6) is 0 Å². The van der Waals surface area contributed by atoms with Gasteiger partial charge in [0.2, 0.25) is 11.8 Å². The van der Waals surface area contributed by atoms with E-state index in [0.29, 0.717) is 12.1 Å². The minimum absolute atomic E-state index is 0.221. The molecule has 0 spiro atoms. The van der Waals surface area contributed by atoms with Gasteiger partial charge in [0, 0.05) is 29.2 Å². The fourth-order valence-electron chi connectivity index (χ4n) is 4.64. The maximum absolute atomic E-state index is 13.8. The largest absolute Gasteiger partial charge is 0.361 e. The zero-order valence-corrected chi connectivity index (χ0v) is 20.6. The average Bonchev–Trinajstić information content (AvgIpc) is 3.34. The number of H-pyrrole nitrogens is 1. The number of anilines is 1. The quantitative estimate of drug-likeness (QED) is 0.252. The molecule has 5 aromatic rings. The fraction of sp³-hybridized carbons (Fsp3) is 0.125. The predicted molar refractivity (Wildman–Crippen MR) is 148 cm³/mol. The predicted octanol–water partition coefficient (Wildman–Crippen LogP) is 5.97. The van der Waals surface area contributed by atoms with Crippen molar-refractivity contribution < 1.29 is 9.59 Å². The summed E-state index contributed by atoms with van der Waals surface area (Å²) >= 11 is 0. The molecule has 184 valence electrons. The number of aryl methyl sites for hydroxylation is 1. The van der Waals surface area contributed by atoms with Crippen molar-refractivity contribution in [3.05, 3.63) is 138 Å². The Balaban J connectivity index is 1.46. The van der Waals surface area contributed by atoms with E-state index in [2.05, 4.69) is 15.6 Å². The Morgan fingerprint density at radius 2 is 1.32 bits per heavy atom. The molecular formula is C32H29N3O2. The van der Waals surface area contributed by atoms with Crippen LogP contribution in [0.4, 0.5) is 5.69 Å². The maximum atomic E-state index is 13.8. The second kappa shape index (κ2) is 11.0. The standard InChI is InChI=1S/C32H29N3O2/c1-22-16-18-26(19-17-22)34-31(36)29(20-25-21-33-28-15-9-8-14-27(25)28)35-32(37)30(23-10-4-2-5-11-23)24-12-6-3-7-13-24/h2-19,21,29-30,33H,20H2,1H3,(H,34,36)(H,35,37)/t29-/m1/s1.